The van der Waals surface area contributed by atoms with Gasteiger partial charge in [0.25, 0.3) is 5.91 Å². The summed E-state index contributed by atoms with van der Waals surface area (Å²) >= 11 is 3.33. The number of piperidine rings is 1. The van der Waals surface area contributed by atoms with E-state index in [-0.39, 0.29) is 23.3 Å². The second-order valence-corrected chi connectivity index (χ2v) is 12.3. The Kier molecular flexibility index (Phi) is 7.56. The van der Waals surface area contributed by atoms with Gasteiger partial charge in [0.2, 0.25) is 15.9 Å². The van der Waals surface area contributed by atoms with Crippen molar-refractivity contribution in [2.75, 3.05) is 37.0 Å². The van der Waals surface area contributed by atoms with Crippen LogP contribution in [-0.4, -0.2) is 51.3 Å². The number of carbonyl (C=O) groups is 2. The highest BCUT2D eigenvalue weighted by molar-refractivity contribution is 9.10. The average Bonchev–Trinajstić information content (AvgIpc) is 3.36. The molecule has 1 fully saturated rings. The highest BCUT2D eigenvalue weighted by Gasteiger charge is 2.34. The molecule has 0 aromatic heterocycles. The molecule has 5 rings (SSSR count). The SMILES string of the molecule is COc1ccc(C(=O)N2CCc3ccc(NC(=O)C4CCCN(S(=O)(=O)c5ccc(Br)cc5)C4)cc32)cc1. The molecule has 198 valence electrons. The van der Waals surface area contributed by atoms with Gasteiger partial charge in [0, 0.05) is 41.0 Å². The van der Waals surface area contributed by atoms with E-state index in [1.54, 1.807) is 60.5 Å². The number of amides is 2. The Morgan fingerprint density at radius 1 is 1.00 bits per heavy atom. The maximum absolute atomic E-state index is 13.2. The molecule has 2 amide bonds. The first-order valence-corrected chi connectivity index (χ1v) is 14.6. The molecule has 10 heteroatoms. The molecule has 0 radical (unpaired) electrons. The van der Waals surface area contributed by atoms with Crippen LogP contribution in [0.15, 0.2) is 76.1 Å². The maximum Gasteiger partial charge on any atom is 0.258 e. The number of nitrogens with zero attached hydrogens (tertiary/aromatic N) is 2. The number of methoxy groups -OCH3 is 1. The molecule has 1 saturated heterocycles. The third-order valence-corrected chi connectivity index (χ3v) is 9.44. The lowest BCUT2D eigenvalue weighted by Gasteiger charge is -2.31. The highest BCUT2D eigenvalue weighted by atomic mass is 79.9. The van der Waals surface area contributed by atoms with Gasteiger partial charge in [0.15, 0.2) is 0 Å². The second kappa shape index (κ2) is 10.9. The van der Waals surface area contributed by atoms with Gasteiger partial charge in [-0.15, -0.1) is 0 Å². The summed E-state index contributed by atoms with van der Waals surface area (Å²) in [5.74, 6) is -0.138. The van der Waals surface area contributed by atoms with Crippen molar-refractivity contribution in [3.05, 3.63) is 82.3 Å². The molecule has 1 atom stereocenters. The van der Waals surface area contributed by atoms with Gasteiger partial charge in [-0.2, -0.15) is 4.31 Å². The lowest BCUT2D eigenvalue weighted by Crippen LogP contribution is -2.43. The molecule has 2 heterocycles. The van der Waals surface area contributed by atoms with Crippen LogP contribution < -0.4 is 15.0 Å². The zero-order chi connectivity index (χ0) is 26.9. The zero-order valence-corrected chi connectivity index (χ0v) is 23.3. The van der Waals surface area contributed by atoms with Crippen molar-refractivity contribution in [1.29, 1.82) is 0 Å². The Morgan fingerprint density at radius 2 is 1.74 bits per heavy atom. The van der Waals surface area contributed by atoms with Crippen LogP contribution in [-0.2, 0) is 21.2 Å². The van der Waals surface area contributed by atoms with Gasteiger partial charge in [0.1, 0.15) is 5.75 Å². The molecule has 2 aliphatic rings. The van der Waals surface area contributed by atoms with E-state index in [1.165, 1.54) is 4.31 Å². The first-order valence-electron chi connectivity index (χ1n) is 12.4. The number of nitrogens with one attached hydrogen (secondary N) is 1. The third-order valence-electron chi connectivity index (χ3n) is 7.04. The number of hydrogen-bond donors (Lipinski definition) is 1. The van der Waals surface area contributed by atoms with Crippen molar-refractivity contribution < 1.29 is 22.7 Å². The van der Waals surface area contributed by atoms with Gasteiger partial charge in [-0.05, 0) is 85.5 Å². The summed E-state index contributed by atoms with van der Waals surface area (Å²) in [5.41, 5.74) is 2.94. The van der Waals surface area contributed by atoms with Gasteiger partial charge >= 0.3 is 0 Å². The summed E-state index contributed by atoms with van der Waals surface area (Å²) in [6.45, 7) is 1.06. The number of halogens is 1. The number of rotatable bonds is 6. The lowest BCUT2D eigenvalue weighted by molar-refractivity contribution is -0.120. The minimum Gasteiger partial charge on any atom is -0.497 e. The summed E-state index contributed by atoms with van der Waals surface area (Å²) in [6.07, 6.45) is 1.93. The molecule has 1 unspecified atom stereocenters. The van der Waals surface area contributed by atoms with Gasteiger partial charge in [0.05, 0.1) is 17.9 Å². The van der Waals surface area contributed by atoms with E-state index in [0.717, 1.165) is 22.1 Å². The van der Waals surface area contributed by atoms with Crippen LogP contribution in [0.3, 0.4) is 0 Å². The van der Waals surface area contributed by atoms with Crippen molar-refractivity contribution >= 4 is 49.1 Å². The molecular formula is C28H28BrN3O5S. The maximum atomic E-state index is 13.2. The van der Waals surface area contributed by atoms with E-state index < -0.39 is 15.9 Å². The van der Waals surface area contributed by atoms with Crippen LogP contribution in [0.25, 0.3) is 0 Å². The monoisotopic (exact) mass is 597 g/mol. The van der Waals surface area contributed by atoms with Crippen LogP contribution in [0.5, 0.6) is 5.75 Å². The Hall–Kier alpha value is -3.21. The summed E-state index contributed by atoms with van der Waals surface area (Å²) in [7, 11) is -2.11. The molecule has 2 aliphatic heterocycles. The fourth-order valence-corrected chi connectivity index (χ4v) is 6.72. The number of sulfonamides is 1. The lowest BCUT2D eigenvalue weighted by atomic mass is 9.98. The first kappa shape index (κ1) is 26.4. The molecule has 38 heavy (non-hydrogen) atoms. The molecule has 0 saturated carbocycles. The van der Waals surface area contributed by atoms with E-state index in [1.807, 2.05) is 18.2 Å². The molecule has 3 aromatic carbocycles. The topological polar surface area (TPSA) is 96.0 Å². The van der Waals surface area contributed by atoms with Gasteiger partial charge in [-0.1, -0.05) is 22.0 Å². The van der Waals surface area contributed by atoms with E-state index in [2.05, 4.69) is 21.2 Å². The smallest absolute Gasteiger partial charge is 0.258 e. The molecule has 3 aromatic rings. The minimum absolute atomic E-state index is 0.115. The number of carbonyl (C=O) groups excluding carboxylic acids is 2. The van der Waals surface area contributed by atoms with E-state index in [0.29, 0.717) is 42.9 Å². The van der Waals surface area contributed by atoms with E-state index in [9.17, 15) is 18.0 Å². The van der Waals surface area contributed by atoms with Crippen LogP contribution in [0.4, 0.5) is 11.4 Å². The Bertz CT molecular complexity index is 1460. The van der Waals surface area contributed by atoms with Gasteiger partial charge in [-0.25, -0.2) is 8.42 Å². The molecule has 8 nitrogen and oxygen atoms in total. The Labute approximate surface area is 230 Å². The first-order chi connectivity index (χ1) is 18.3. The standard InChI is InChI=1S/C28H28BrN3O5S/c1-37-24-10-5-20(6-11-24)28(34)32-16-14-19-4-9-23(17-26(19)32)30-27(33)21-3-2-15-31(18-21)38(35,36)25-12-7-22(29)8-13-25/h4-13,17,21H,2-3,14-16,18H2,1H3,(H,30,33). The molecular weight excluding hydrogens is 570 g/mol. The van der Waals surface area contributed by atoms with Crippen LogP contribution in [0.2, 0.25) is 0 Å². The number of ether oxygens (including phenoxy) is 1. The summed E-state index contributed by atoms with van der Waals surface area (Å²) < 4.78 is 33.7. The number of anilines is 2. The van der Waals surface area contributed by atoms with Crippen molar-refractivity contribution in [2.24, 2.45) is 5.92 Å². The summed E-state index contributed by atoms with van der Waals surface area (Å²) in [4.78, 5) is 28.3. The fourth-order valence-electron chi connectivity index (χ4n) is 4.93. The quantitative estimate of drug-likeness (QED) is 0.444. The fraction of sp³-hybridized carbons (Fsp3) is 0.286. The molecule has 0 spiro atoms. The Morgan fingerprint density at radius 3 is 2.45 bits per heavy atom. The normalized spacial score (nSPS) is 17.6. The Balaban J connectivity index is 1.28. The van der Waals surface area contributed by atoms with Crippen LogP contribution >= 0.6 is 15.9 Å². The molecule has 0 aliphatic carbocycles. The van der Waals surface area contributed by atoms with Crippen LogP contribution in [0, 0.1) is 5.92 Å². The second-order valence-electron chi connectivity index (χ2n) is 9.42. The summed E-state index contributed by atoms with van der Waals surface area (Å²) in [5, 5.41) is 2.95. The minimum atomic E-state index is -3.69. The predicted octanol–water partition coefficient (Wildman–Crippen LogP) is 4.70. The van der Waals surface area contributed by atoms with Crippen molar-refractivity contribution in [3.8, 4) is 5.75 Å². The van der Waals surface area contributed by atoms with Crippen molar-refractivity contribution in [1.82, 2.24) is 4.31 Å². The third kappa shape index (κ3) is 5.34. The largest absolute Gasteiger partial charge is 0.497 e. The van der Waals surface area contributed by atoms with E-state index >= 15 is 0 Å². The van der Waals surface area contributed by atoms with Crippen molar-refractivity contribution in [2.45, 2.75) is 24.2 Å². The number of fused-ring (bicyclic) bond motifs is 1. The highest BCUT2D eigenvalue weighted by Crippen LogP contribution is 2.33. The molecule has 0 bridgehead atoms. The number of hydrogen-bond acceptors (Lipinski definition) is 5. The predicted molar refractivity (Wildman–Crippen MR) is 149 cm³/mol. The molecule has 1 N–H and O–H groups in total. The zero-order valence-electron chi connectivity index (χ0n) is 20.9. The van der Waals surface area contributed by atoms with E-state index in [4.69, 9.17) is 4.74 Å². The van der Waals surface area contributed by atoms with Crippen LogP contribution in [0.1, 0.15) is 28.8 Å². The summed E-state index contributed by atoms with van der Waals surface area (Å²) in [6, 6.07) is 19.1. The van der Waals surface area contributed by atoms with Gasteiger partial charge in [-0.3, -0.25) is 9.59 Å². The average molecular weight is 599 g/mol. The number of benzene rings is 3. The van der Waals surface area contributed by atoms with Crippen molar-refractivity contribution in [3.63, 3.8) is 0 Å². The van der Waals surface area contributed by atoms with Gasteiger partial charge < -0.3 is 15.0 Å².